The summed E-state index contributed by atoms with van der Waals surface area (Å²) < 4.78 is 10.5. The summed E-state index contributed by atoms with van der Waals surface area (Å²) in [6, 6.07) is 5.12. The van der Waals surface area contributed by atoms with E-state index in [1.165, 1.54) is 0 Å². The molecule has 1 N–H and O–H groups in total. The smallest absolute Gasteiger partial charge is 0.306 e. The van der Waals surface area contributed by atoms with Gasteiger partial charge < -0.3 is 19.5 Å². The van der Waals surface area contributed by atoms with Crippen LogP contribution in [0, 0.1) is 11.8 Å². The molecule has 0 saturated carbocycles. The Morgan fingerprint density at radius 2 is 2.05 bits per heavy atom. The topological polar surface area (TPSA) is 76.1 Å². The first-order valence-electron chi connectivity index (χ1n) is 6.98. The molecule has 0 aromatic heterocycles. The Hall–Kier alpha value is -2.24. The normalized spacial score (nSPS) is 24.0. The molecule has 1 aromatic rings. The number of piperidine rings is 1. The van der Waals surface area contributed by atoms with Crippen molar-refractivity contribution in [3.05, 3.63) is 23.8 Å². The highest BCUT2D eigenvalue weighted by Gasteiger charge is 2.33. The van der Waals surface area contributed by atoms with Crippen LogP contribution in [-0.2, 0) is 4.79 Å². The number of hydrogen-bond acceptors (Lipinski definition) is 4. The second kappa shape index (κ2) is 5.27. The number of carboxylic acids is 1. The van der Waals surface area contributed by atoms with Gasteiger partial charge in [-0.3, -0.25) is 9.59 Å². The van der Waals surface area contributed by atoms with Gasteiger partial charge in [0.1, 0.15) is 0 Å². The third kappa shape index (κ3) is 2.53. The van der Waals surface area contributed by atoms with Crippen molar-refractivity contribution in [1.82, 2.24) is 4.90 Å². The van der Waals surface area contributed by atoms with Crippen molar-refractivity contribution in [2.45, 2.75) is 13.3 Å². The fourth-order valence-electron chi connectivity index (χ4n) is 2.91. The van der Waals surface area contributed by atoms with Crippen molar-refractivity contribution in [2.24, 2.45) is 11.8 Å². The maximum absolute atomic E-state index is 12.5. The second-order valence-electron chi connectivity index (χ2n) is 5.53. The molecule has 2 unspecified atom stereocenters. The number of carboxylic acid groups (broad SMARTS) is 1. The van der Waals surface area contributed by atoms with Crippen LogP contribution in [0.15, 0.2) is 18.2 Å². The van der Waals surface area contributed by atoms with E-state index in [1.807, 2.05) is 6.92 Å². The zero-order valence-electron chi connectivity index (χ0n) is 11.7. The van der Waals surface area contributed by atoms with Crippen LogP contribution in [0.2, 0.25) is 0 Å². The van der Waals surface area contributed by atoms with E-state index in [1.54, 1.807) is 23.1 Å². The van der Waals surface area contributed by atoms with Gasteiger partial charge >= 0.3 is 5.97 Å². The van der Waals surface area contributed by atoms with Gasteiger partial charge in [0.05, 0.1) is 5.92 Å². The Kier molecular flexibility index (Phi) is 3.45. The van der Waals surface area contributed by atoms with Crippen LogP contribution in [-0.4, -0.2) is 41.8 Å². The molecule has 0 radical (unpaired) electrons. The third-order valence-electron chi connectivity index (χ3n) is 4.13. The first-order chi connectivity index (χ1) is 10.1. The van der Waals surface area contributed by atoms with Crippen molar-refractivity contribution < 1.29 is 24.2 Å². The minimum absolute atomic E-state index is 0.0470. The van der Waals surface area contributed by atoms with E-state index < -0.39 is 5.97 Å². The number of carbonyl (C=O) groups excluding carboxylic acids is 1. The van der Waals surface area contributed by atoms with Gasteiger partial charge in [0.2, 0.25) is 6.79 Å². The van der Waals surface area contributed by atoms with Crippen LogP contribution >= 0.6 is 0 Å². The summed E-state index contributed by atoms with van der Waals surface area (Å²) in [7, 11) is 0. The summed E-state index contributed by atoms with van der Waals surface area (Å²) in [4.78, 5) is 25.3. The summed E-state index contributed by atoms with van der Waals surface area (Å²) >= 11 is 0. The zero-order valence-corrected chi connectivity index (χ0v) is 11.7. The molecule has 0 spiro atoms. The lowest BCUT2D eigenvalue weighted by atomic mass is 9.87. The van der Waals surface area contributed by atoms with Crippen molar-refractivity contribution >= 4 is 11.9 Å². The zero-order chi connectivity index (χ0) is 15.0. The molecule has 0 bridgehead atoms. The molecule has 1 aromatic carbocycles. The standard InChI is InChI=1S/C15H17NO5/c1-9-7-16(5-4-11(9)15(18)19)14(17)10-2-3-12-13(6-10)21-8-20-12/h2-3,6,9,11H,4-5,7-8H2,1H3,(H,18,19). The SMILES string of the molecule is CC1CN(C(=O)c2ccc3c(c2)OCO3)CCC1C(=O)O. The van der Waals surface area contributed by atoms with Gasteiger partial charge in [-0.2, -0.15) is 0 Å². The monoisotopic (exact) mass is 291 g/mol. The fourth-order valence-corrected chi connectivity index (χ4v) is 2.91. The van der Waals surface area contributed by atoms with Gasteiger partial charge in [0, 0.05) is 18.7 Å². The molecule has 1 saturated heterocycles. The van der Waals surface area contributed by atoms with E-state index in [9.17, 15) is 9.59 Å². The van der Waals surface area contributed by atoms with Crippen LogP contribution in [0.4, 0.5) is 0 Å². The molecule has 1 amide bonds. The molecule has 2 atom stereocenters. The highest BCUT2D eigenvalue weighted by molar-refractivity contribution is 5.95. The number of likely N-dealkylation sites (tertiary alicyclic amines) is 1. The number of rotatable bonds is 2. The van der Waals surface area contributed by atoms with Crippen LogP contribution in [0.25, 0.3) is 0 Å². The number of amides is 1. The van der Waals surface area contributed by atoms with E-state index in [4.69, 9.17) is 14.6 Å². The predicted octanol–water partition coefficient (Wildman–Crippen LogP) is 1.60. The second-order valence-corrected chi connectivity index (χ2v) is 5.53. The molecule has 0 aliphatic carbocycles. The Morgan fingerprint density at radius 1 is 1.29 bits per heavy atom. The van der Waals surface area contributed by atoms with Crippen molar-refractivity contribution in [2.75, 3.05) is 19.9 Å². The highest BCUT2D eigenvalue weighted by atomic mass is 16.7. The maximum Gasteiger partial charge on any atom is 0.306 e. The Balaban J connectivity index is 1.73. The number of nitrogens with zero attached hydrogens (tertiary/aromatic N) is 1. The Labute approximate surface area is 122 Å². The number of fused-ring (bicyclic) bond motifs is 1. The molecular formula is C15H17NO5. The minimum atomic E-state index is -0.780. The number of benzene rings is 1. The van der Waals surface area contributed by atoms with Crippen LogP contribution in [0.5, 0.6) is 11.5 Å². The number of aliphatic carboxylic acids is 1. The van der Waals surface area contributed by atoms with E-state index >= 15 is 0 Å². The van der Waals surface area contributed by atoms with Crippen LogP contribution in [0.1, 0.15) is 23.7 Å². The van der Waals surface area contributed by atoms with E-state index in [0.717, 1.165) is 0 Å². The van der Waals surface area contributed by atoms with Crippen LogP contribution in [0.3, 0.4) is 0 Å². The van der Waals surface area contributed by atoms with Gasteiger partial charge in [0.25, 0.3) is 5.91 Å². The lowest BCUT2D eigenvalue weighted by molar-refractivity contribution is -0.145. The van der Waals surface area contributed by atoms with Crippen molar-refractivity contribution in [3.63, 3.8) is 0 Å². The fraction of sp³-hybridized carbons (Fsp3) is 0.467. The largest absolute Gasteiger partial charge is 0.481 e. The number of carbonyl (C=O) groups is 2. The molecule has 112 valence electrons. The highest BCUT2D eigenvalue weighted by Crippen LogP contribution is 2.33. The molecule has 21 heavy (non-hydrogen) atoms. The average Bonchev–Trinajstić information content (AvgIpc) is 2.93. The van der Waals surface area contributed by atoms with Gasteiger partial charge in [-0.25, -0.2) is 0 Å². The number of ether oxygens (including phenoxy) is 2. The van der Waals surface area contributed by atoms with E-state index in [2.05, 4.69) is 0 Å². The molecular weight excluding hydrogens is 274 g/mol. The number of hydrogen-bond donors (Lipinski definition) is 1. The van der Waals surface area contributed by atoms with Gasteiger partial charge in [0.15, 0.2) is 11.5 Å². The molecule has 6 heteroatoms. The molecule has 2 aliphatic rings. The summed E-state index contributed by atoms with van der Waals surface area (Å²) in [6.45, 7) is 2.98. The van der Waals surface area contributed by atoms with E-state index in [0.29, 0.717) is 36.6 Å². The maximum atomic E-state index is 12.5. The van der Waals surface area contributed by atoms with Gasteiger partial charge in [-0.1, -0.05) is 6.92 Å². The Morgan fingerprint density at radius 3 is 2.76 bits per heavy atom. The summed E-state index contributed by atoms with van der Waals surface area (Å²) in [5, 5.41) is 9.12. The van der Waals surface area contributed by atoms with E-state index in [-0.39, 0.29) is 24.5 Å². The first kappa shape index (κ1) is 13.7. The molecule has 6 nitrogen and oxygen atoms in total. The molecule has 3 rings (SSSR count). The third-order valence-corrected chi connectivity index (χ3v) is 4.13. The lowest BCUT2D eigenvalue weighted by Crippen LogP contribution is -2.45. The van der Waals surface area contributed by atoms with Gasteiger partial charge in [-0.15, -0.1) is 0 Å². The van der Waals surface area contributed by atoms with Crippen molar-refractivity contribution in [1.29, 1.82) is 0 Å². The summed E-state index contributed by atoms with van der Waals surface area (Å²) in [5.74, 6) is -0.0690. The molecule has 1 fully saturated rings. The van der Waals surface area contributed by atoms with Crippen molar-refractivity contribution in [3.8, 4) is 11.5 Å². The Bertz CT molecular complexity index is 585. The lowest BCUT2D eigenvalue weighted by Gasteiger charge is -2.35. The molecule has 2 heterocycles. The predicted molar refractivity (Wildman–Crippen MR) is 73.4 cm³/mol. The average molecular weight is 291 g/mol. The van der Waals surface area contributed by atoms with Crippen LogP contribution < -0.4 is 9.47 Å². The first-order valence-corrected chi connectivity index (χ1v) is 6.98. The van der Waals surface area contributed by atoms with Gasteiger partial charge in [-0.05, 0) is 30.5 Å². The minimum Gasteiger partial charge on any atom is -0.481 e. The summed E-state index contributed by atoms with van der Waals surface area (Å²) in [6.07, 6.45) is 0.493. The molecule has 2 aliphatic heterocycles. The quantitative estimate of drug-likeness (QED) is 0.895. The summed E-state index contributed by atoms with van der Waals surface area (Å²) in [5.41, 5.74) is 0.542.